The molecule has 0 aromatic heterocycles. The summed E-state index contributed by atoms with van der Waals surface area (Å²) in [6.07, 6.45) is 0. The van der Waals surface area contributed by atoms with Gasteiger partial charge >= 0.3 is 0 Å². The summed E-state index contributed by atoms with van der Waals surface area (Å²) in [7, 11) is 0. The molecule has 19 heavy (non-hydrogen) atoms. The Morgan fingerprint density at radius 1 is 1.05 bits per heavy atom. The Hall–Kier alpha value is -1.42. The molecule has 0 amide bonds. The van der Waals surface area contributed by atoms with Crippen LogP contribution in [0.1, 0.15) is 28.3 Å². The van der Waals surface area contributed by atoms with Crippen LogP contribution in [0.4, 0.5) is 4.39 Å². The molecular formula is C15H13ClFNO. The summed E-state index contributed by atoms with van der Waals surface area (Å²) >= 11 is 5.79. The summed E-state index contributed by atoms with van der Waals surface area (Å²) in [5.41, 5.74) is 10.4. The Morgan fingerprint density at radius 3 is 2.53 bits per heavy atom. The van der Waals surface area contributed by atoms with E-state index >= 15 is 0 Å². The van der Waals surface area contributed by atoms with Crippen molar-refractivity contribution in [3.8, 4) is 0 Å². The monoisotopic (exact) mass is 277 g/mol. The summed E-state index contributed by atoms with van der Waals surface area (Å²) in [6, 6.07) is 10.3. The molecule has 2 N–H and O–H groups in total. The van der Waals surface area contributed by atoms with Gasteiger partial charge in [-0.05, 0) is 34.4 Å². The SMILES string of the molecule is NC(c1ccc(F)c(Cl)c1)c1ccc2c(c1)COC2. The molecule has 3 rings (SSSR count). The lowest BCUT2D eigenvalue weighted by molar-refractivity contribution is 0.134. The molecule has 1 unspecified atom stereocenters. The Balaban J connectivity index is 1.94. The Kier molecular flexibility index (Phi) is 3.27. The van der Waals surface area contributed by atoms with Gasteiger partial charge in [-0.15, -0.1) is 0 Å². The second kappa shape index (κ2) is 4.93. The molecule has 0 bridgehead atoms. The number of hydrogen-bond donors (Lipinski definition) is 1. The van der Waals surface area contributed by atoms with E-state index in [4.69, 9.17) is 22.1 Å². The van der Waals surface area contributed by atoms with Crippen molar-refractivity contribution in [3.05, 3.63) is 69.5 Å². The normalized spacial score (nSPS) is 15.3. The van der Waals surface area contributed by atoms with Gasteiger partial charge in [0, 0.05) is 0 Å². The highest BCUT2D eigenvalue weighted by Crippen LogP contribution is 2.28. The minimum Gasteiger partial charge on any atom is -0.372 e. The van der Waals surface area contributed by atoms with Gasteiger partial charge in [0.2, 0.25) is 0 Å². The third kappa shape index (κ3) is 2.37. The van der Waals surface area contributed by atoms with E-state index in [-0.39, 0.29) is 11.1 Å². The minimum atomic E-state index is -0.431. The first-order chi connectivity index (χ1) is 9.15. The summed E-state index contributed by atoms with van der Waals surface area (Å²) in [5.74, 6) is -0.431. The zero-order chi connectivity index (χ0) is 13.4. The number of rotatable bonds is 2. The van der Waals surface area contributed by atoms with Crippen molar-refractivity contribution < 1.29 is 9.13 Å². The van der Waals surface area contributed by atoms with E-state index in [9.17, 15) is 4.39 Å². The van der Waals surface area contributed by atoms with Crippen molar-refractivity contribution in [1.29, 1.82) is 0 Å². The molecule has 1 heterocycles. The lowest BCUT2D eigenvalue weighted by atomic mass is 9.96. The van der Waals surface area contributed by atoms with Gasteiger partial charge in [0.1, 0.15) is 5.82 Å². The average molecular weight is 278 g/mol. The second-order valence-electron chi connectivity index (χ2n) is 4.67. The van der Waals surface area contributed by atoms with Crippen molar-refractivity contribution >= 4 is 11.6 Å². The number of halogens is 2. The molecular weight excluding hydrogens is 265 g/mol. The number of nitrogens with two attached hydrogens (primary N) is 1. The quantitative estimate of drug-likeness (QED) is 0.911. The van der Waals surface area contributed by atoms with Gasteiger partial charge in [-0.25, -0.2) is 4.39 Å². The van der Waals surface area contributed by atoms with Crippen LogP contribution in [0.3, 0.4) is 0 Å². The highest BCUT2D eigenvalue weighted by atomic mass is 35.5. The molecule has 0 saturated heterocycles. The van der Waals surface area contributed by atoms with E-state index in [1.807, 2.05) is 18.2 Å². The molecule has 0 spiro atoms. The standard InChI is InChI=1S/C15H13ClFNO/c16-13-6-10(3-4-14(13)17)15(18)9-1-2-11-7-19-8-12(11)5-9/h1-6,15H,7-8,18H2. The van der Waals surface area contributed by atoms with Gasteiger partial charge in [-0.2, -0.15) is 0 Å². The van der Waals surface area contributed by atoms with Crippen molar-refractivity contribution in [1.82, 2.24) is 0 Å². The smallest absolute Gasteiger partial charge is 0.141 e. The highest BCUT2D eigenvalue weighted by molar-refractivity contribution is 6.30. The third-order valence-electron chi connectivity index (χ3n) is 3.41. The Morgan fingerprint density at radius 2 is 1.74 bits per heavy atom. The minimum absolute atomic E-state index is 0.0949. The number of hydrogen-bond acceptors (Lipinski definition) is 2. The second-order valence-corrected chi connectivity index (χ2v) is 5.08. The fourth-order valence-electron chi connectivity index (χ4n) is 2.28. The predicted molar refractivity (Wildman–Crippen MR) is 72.4 cm³/mol. The van der Waals surface area contributed by atoms with E-state index in [1.165, 1.54) is 17.2 Å². The van der Waals surface area contributed by atoms with Crippen molar-refractivity contribution in [2.75, 3.05) is 0 Å². The zero-order valence-electron chi connectivity index (χ0n) is 10.2. The maximum absolute atomic E-state index is 13.2. The summed E-state index contributed by atoms with van der Waals surface area (Å²) in [5, 5.41) is 0.0949. The zero-order valence-corrected chi connectivity index (χ0v) is 11.0. The van der Waals surface area contributed by atoms with Gasteiger partial charge in [-0.3, -0.25) is 0 Å². The molecule has 0 radical (unpaired) electrons. The molecule has 0 fully saturated rings. The van der Waals surface area contributed by atoms with Crippen LogP contribution >= 0.6 is 11.6 Å². The average Bonchev–Trinajstić information content (AvgIpc) is 2.88. The number of benzene rings is 2. The number of fused-ring (bicyclic) bond motifs is 1. The van der Waals surface area contributed by atoms with Gasteiger partial charge in [0.15, 0.2) is 0 Å². The summed E-state index contributed by atoms with van der Waals surface area (Å²) < 4.78 is 18.5. The fraction of sp³-hybridized carbons (Fsp3) is 0.200. The van der Waals surface area contributed by atoms with Crippen molar-refractivity contribution in [2.45, 2.75) is 19.3 Å². The first-order valence-electron chi connectivity index (χ1n) is 6.05. The molecule has 1 aliphatic rings. The van der Waals surface area contributed by atoms with Crippen LogP contribution in [0.15, 0.2) is 36.4 Å². The van der Waals surface area contributed by atoms with Crippen molar-refractivity contribution in [3.63, 3.8) is 0 Å². The molecule has 0 saturated carbocycles. The summed E-state index contributed by atoms with van der Waals surface area (Å²) in [6.45, 7) is 1.29. The van der Waals surface area contributed by atoms with E-state index in [1.54, 1.807) is 12.1 Å². The lowest BCUT2D eigenvalue weighted by Crippen LogP contribution is -2.12. The molecule has 0 aliphatic carbocycles. The fourth-order valence-corrected chi connectivity index (χ4v) is 2.47. The largest absolute Gasteiger partial charge is 0.372 e. The first kappa shape index (κ1) is 12.6. The molecule has 2 aromatic carbocycles. The van der Waals surface area contributed by atoms with Crippen LogP contribution in [0.2, 0.25) is 5.02 Å². The molecule has 98 valence electrons. The first-order valence-corrected chi connectivity index (χ1v) is 6.43. The van der Waals surface area contributed by atoms with Crippen LogP contribution in [0.25, 0.3) is 0 Å². The molecule has 1 aliphatic heterocycles. The van der Waals surface area contributed by atoms with Crippen LogP contribution in [0.5, 0.6) is 0 Å². The van der Waals surface area contributed by atoms with Gasteiger partial charge in [0.05, 0.1) is 24.3 Å². The highest BCUT2D eigenvalue weighted by Gasteiger charge is 2.16. The Labute approximate surface area is 115 Å². The third-order valence-corrected chi connectivity index (χ3v) is 3.70. The van der Waals surface area contributed by atoms with E-state index < -0.39 is 5.82 Å². The van der Waals surface area contributed by atoms with Gasteiger partial charge < -0.3 is 10.5 Å². The van der Waals surface area contributed by atoms with E-state index in [2.05, 4.69) is 0 Å². The maximum Gasteiger partial charge on any atom is 0.141 e. The van der Waals surface area contributed by atoms with Crippen LogP contribution in [-0.4, -0.2) is 0 Å². The van der Waals surface area contributed by atoms with Crippen LogP contribution in [0, 0.1) is 5.82 Å². The topological polar surface area (TPSA) is 35.2 Å². The maximum atomic E-state index is 13.2. The number of ether oxygens (including phenoxy) is 1. The molecule has 2 aromatic rings. The van der Waals surface area contributed by atoms with Gasteiger partial charge in [0.25, 0.3) is 0 Å². The van der Waals surface area contributed by atoms with E-state index in [0.29, 0.717) is 13.2 Å². The lowest BCUT2D eigenvalue weighted by Gasteiger charge is -2.14. The molecule has 1 atom stereocenters. The van der Waals surface area contributed by atoms with Gasteiger partial charge in [-0.1, -0.05) is 35.9 Å². The van der Waals surface area contributed by atoms with Crippen LogP contribution in [-0.2, 0) is 18.0 Å². The van der Waals surface area contributed by atoms with Crippen LogP contribution < -0.4 is 5.73 Å². The predicted octanol–water partition coefficient (Wildman–Crippen LogP) is 3.56. The van der Waals surface area contributed by atoms with E-state index in [0.717, 1.165) is 11.1 Å². The Bertz CT molecular complexity index is 630. The summed E-state index contributed by atoms with van der Waals surface area (Å²) in [4.78, 5) is 0. The molecule has 4 heteroatoms. The van der Waals surface area contributed by atoms with Crippen molar-refractivity contribution in [2.24, 2.45) is 5.73 Å². The molecule has 2 nitrogen and oxygen atoms in total.